The van der Waals surface area contributed by atoms with E-state index in [1.807, 2.05) is 48.5 Å². The third kappa shape index (κ3) is 5.40. The molecule has 0 aliphatic carbocycles. The van der Waals surface area contributed by atoms with Gasteiger partial charge in [-0.05, 0) is 64.5 Å². The monoisotopic (exact) mass is 525 g/mol. The minimum absolute atomic E-state index is 0.0999. The lowest BCUT2D eigenvalue weighted by Gasteiger charge is -2.14. The Morgan fingerprint density at radius 1 is 0.895 bits per heavy atom. The molecule has 1 saturated heterocycles. The van der Waals surface area contributed by atoms with E-state index in [0.29, 0.717) is 28.4 Å². The number of esters is 1. The van der Waals surface area contributed by atoms with Crippen LogP contribution in [0.3, 0.4) is 0 Å². The van der Waals surface area contributed by atoms with E-state index >= 15 is 0 Å². The molecule has 1 fully saturated rings. The number of hydrogen-bond donors (Lipinski definition) is 0. The lowest BCUT2D eigenvalue weighted by molar-refractivity contribution is -0.123. The summed E-state index contributed by atoms with van der Waals surface area (Å²) < 4.78 is 16.6. The maximum atomic E-state index is 12.9. The number of para-hydroxylation sites is 2. The van der Waals surface area contributed by atoms with E-state index < -0.39 is 11.9 Å². The number of methoxy groups -OCH3 is 1. The molecule has 1 aliphatic rings. The van der Waals surface area contributed by atoms with Gasteiger partial charge in [-0.3, -0.25) is 14.5 Å². The second kappa shape index (κ2) is 11.2. The Morgan fingerprint density at radius 3 is 2.47 bits per heavy atom. The molecule has 7 nitrogen and oxygen atoms in total. The predicted octanol–water partition coefficient (Wildman–Crippen LogP) is 6.18. The summed E-state index contributed by atoms with van der Waals surface area (Å²) in [6, 6.07) is 27.1. The van der Waals surface area contributed by atoms with Gasteiger partial charge in [0.05, 0.1) is 24.1 Å². The Balaban J connectivity index is 1.26. The third-order valence-electron chi connectivity index (χ3n) is 5.89. The van der Waals surface area contributed by atoms with Gasteiger partial charge >= 0.3 is 5.97 Å². The summed E-state index contributed by atoms with van der Waals surface area (Å²) >= 11 is 0.859. The summed E-state index contributed by atoms with van der Waals surface area (Å²) in [6.07, 6.45) is 1.61. The van der Waals surface area contributed by atoms with E-state index in [1.54, 1.807) is 55.7 Å². The first kappa shape index (κ1) is 25.1. The van der Waals surface area contributed by atoms with Gasteiger partial charge in [0.15, 0.2) is 11.5 Å². The van der Waals surface area contributed by atoms with Crippen LogP contribution in [0.2, 0.25) is 0 Å². The van der Waals surface area contributed by atoms with Crippen molar-refractivity contribution in [2.24, 2.45) is 0 Å². The fourth-order valence-electron chi connectivity index (χ4n) is 4.06. The van der Waals surface area contributed by atoms with Crippen molar-refractivity contribution < 1.29 is 28.6 Å². The van der Waals surface area contributed by atoms with Gasteiger partial charge in [-0.2, -0.15) is 0 Å². The van der Waals surface area contributed by atoms with Crippen LogP contribution in [0, 0.1) is 0 Å². The summed E-state index contributed by atoms with van der Waals surface area (Å²) in [5.41, 5.74) is 1.09. The van der Waals surface area contributed by atoms with E-state index in [2.05, 4.69) is 0 Å². The molecular formula is C30H23NO6S. The van der Waals surface area contributed by atoms with Crippen LogP contribution in [0.4, 0.5) is 4.79 Å². The summed E-state index contributed by atoms with van der Waals surface area (Å²) in [6.45, 7) is 0.230. The Kier molecular flexibility index (Phi) is 7.42. The number of carbonyl (C=O) groups is 3. The van der Waals surface area contributed by atoms with Gasteiger partial charge in [-0.1, -0.05) is 60.7 Å². The van der Waals surface area contributed by atoms with Crippen molar-refractivity contribution in [2.75, 3.05) is 20.3 Å². The van der Waals surface area contributed by atoms with Crippen LogP contribution < -0.4 is 14.2 Å². The number of ether oxygens (including phenoxy) is 3. The van der Waals surface area contributed by atoms with Crippen LogP contribution in [0.15, 0.2) is 95.9 Å². The Hall–Kier alpha value is -4.56. The molecule has 0 bridgehead atoms. The molecule has 0 spiro atoms. The van der Waals surface area contributed by atoms with Gasteiger partial charge in [0.2, 0.25) is 0 Å². The first-order valence-electron chi connectivity index (χ1n) is 11.8. The molecule has 1 aliphatic heterocycles. The van der Waals surface area contributed by atoms with E-state index in [-0.39, 0.29) is 23.3 Å². The highest BCUT2D eigenvalue weighted by atomic mass is 32.2. The highest BCUT2D eigenvalue weighted by Crippen LogP contribution is 2.33. The normalized spacial score (nSPS) is 14.2. The molecule has 4 aromatic rings. The molecule has 8 heteroatoms. The minimum atomic E-state index is -0.477. The Bertz CT molecular complexity index is 1560. The first-order chi connectivity index (χ1) is 18.5. The SMILES string of the molecule is COc1ccccc1OCCN1C(=O)S/C(=C\c2cccc(OC(=O)c3cccc4ccccc34)c2)C1=O. The van der Waals surface area contributed by atoms with E-state index in [9.17, 15) is 14.4 Å². The molecule has 0 radical (unpaired) electrons. The summed E-state index contributed by atoms with van der Waals surface area (Å²) in [4.78, 5) is 39.7. The zero-order chi connectivity index (χ0) is 26.5. The molecule has 0 unspecified atom stereocenters. The molecular weight excluding hydrogens is 502 g/mol. The van der Waals surface area contributed by atoms with Gasteiger partial charge < -0.3 is 14.2 Å². The van der Waals surface area contributed by atoms with Gasteiger partial charge in [0.25, 0.3) is 11.1 Å². The van der Waals surface area contributed by atoms with E-state index in [4.69, 9.17) is 14.2 Å². The van der Waals surface area contributed by atoms with Crippen molar-refractivity contribution >= 4 is 45.7 Å². The average Bonchev–Trinajstić information content (AvgIpc) is 3.20. The van der Waals surface area contributed by atoms with Crippen molar-refractivity contribution in [3.8, 4) is 17.2 Å². The minimum Gasteiger partial charge on any atom is -0.493 e. The standard InChI is InChI=1S/C30H23NO6S/c1-35-25-14-4-5-15-26(25)36-17-16-31-28(32)27(38-30(31)34)19-20-8-6-11-22(18-20)37-29(33)24-13-7-10-21-9-2-3-12-23(21)24/h2-15,18-19H,16-17H2,1H3/b27-19-. The second-order valence-electron chi connectivity index (χ2n) is 8.32. The van der Waals surface area contributed by atoms with Crippen LogP contribution in [0.1, 0.15) is 15.9 Å². The zero-order valence-electron chi connectivity index (χ0n) is 20.5. The second-order valence-corrected chi connectivity index (χ2v) is 9.31. The van der Waals surface area contributed by atoms with Gasteiger partial charge in [0.1, 0.15) is 12.4 Å². The van der Waals surface area contributed by atoms with Crippen LogP contribution in [-0.2, 0) is 4.79 Å². The molecule has 5 rings (SSSR count). The highest BCUT2D eigenvalue weighted by molar-refractivity contribution is 8.18. The van der Waals surface area contributed by atoms with Crippen LogP contribution in [0.25, 0.3) is 16.8 Å². The summed E-state index contributed by atoms with van der Waals surface area (Å²) in [7, 11) is 1.54. The highest BCUT2D eigenvalue weighted by Gasteiger charge is 2.34. The number of rotatable bonds is 8. The average molecular weight is 526 g/mol. The van der Waals surface area contributed by atoms with Crippen LogP contribution >= 0.6 is 11.8 Å². The van der Waals surface area contributed by atoms with Gasteiger partial charge in [0, 0.05) is 0 Å². The van der Waals surface area contributed by atoms with E-state index in [0.717, 1.165) is 27.4 Å². The number of amides is 2. The number of carbonyl (C=O) groups excluding carboxylic acids is 3. The van der Waals surface area contributed by atoms with Gasteiger partial charge in [-0.15, -0.1) is 0 Å². The van der Waals surface area contributed by atoms with Crippen LogP contribution in [-0.4, -0.2) is 42.3 Å². The lowest BCUT2D eigenvalue weighted by atomic mass is 10.0. The Morgan fingerprint density at radius 2 is 1.63 bits per heavy atom. The number of benzene rings is 4. The molecule has 0 aromatic heterocycles. The smallest absolute Gasteiger partial charge is 0.344 e. The van der Waals surface area contributed by atoms with Crippen molar-refractivity contribution in [1.29, 1.82) is 0 Å². The predicted molar refractivity (Wildman–Crippen MR) is 147 cm³/mol. The number of nitrogens with zero attached hydrogens (tertiary/aromatic N) is 1. The number of thioether (sulfide) groups is 1. The maximum Gasteiger partial charge on any atom is 0.344 e. The summed E-state index contributed by atoms with van der Waals surface area (Å²) in [5.74, 6) is 0.562. The first-order valence-corrected chi connectivity index (χ1v) is 12.7. The molecule has 2 amide bonds. The third-order valence-corrected chi connectivity index (χ3v) is 6.80. The molecule has 4 aromatic carbocycles. The number of hydrogen-bond acceptors (Lipinski definition) is 7. The molecule has 0 atom stereocenters. The van der Waals surface area contributed by atoms with Crippen molar-refractivity contribution in [3.63, 3.8) is 0 Å². The largest absolute Gasteiger partial charge is 0.493 e. The molecule has 1 heterocycles. The van der Waals surface area contributed by atoms with Gasteiger partial charge in [-0.25, -0.2) is 4.79 Å². The number of fused-ring (bicyclic) bond motifs is 1. The van der Waals surface area contributed by atoms with Crippen molar-refractivity contribution in [2.45, 2.75) is 0 Å². The van der Waals surface area contributed by atoms with Crippen molar-refractivity contribution in [1.82, 2.24) is 4.90 Å². The van der Waals surface area contributed by atoms with Crippen molar-refractivity contribution in [3.05, 3.63) is 107 Å². The molecule has 190 valence electrons. The Labute approximate surface area is 223 Å². The maximum absolute atomic E-state index is 12.9. The zero-order valence-corrected chi connectivity index (χ0v) is 21.3. The fraction of sp³-hybridized carbons (Fsp3) is 0.100. The topological polar surface area (TPSA) is 82.1 Å². The van der Waals surface area contributed by atoms with Crippen LogP contribution in [0.5, 0.6) is 17.2 Å². The lowest BCUT2D eigenvalue weighted by Crippen LogP contribution is -2.32. The molecule has 0 saturated carbocycles. The summed E-state index contributed by atoms with van der Waals surface area (Å²) in [5, 5.41) is 1.38. The molecule has 38 heavy (non-hydrogen) atoms. The quantitative estimate of drug-likeness (QED) is 0.154. The molecule has 0 N–H and O–H groups in total. The van der Waals surface area contributed by atoms with E-state index in [1.165, 1.54) is 0 Å². The fourth-order valence-corrected chi connectivity index (χ4v) is 4.93. The number of imide groups is 1.